The lowest BCUT2D eigenvalue weighted by atomic mass is 9.81. The fourth-order valence-corrected chi connectivity index (χ4v) is 9.88. The molecule has 17 heteroatoms. The summed E-state index contributed by atoms with van der Waals surface area (Å²) in [6.07, 6.45) is 3.70. The van der Waals surface area contributed by atoms with Crippen LogP contribution >= 0.6 is 0 Å². The summed E-state index contributed by atoms with van der Waals surface area (Å²) in [6.45, 7) is 11.5. The van der Waals surface area contributed by atoms with Gasteiger partial charge in [-0.2, -0.15) is 8.42 Å². The molecule has 60 heavy (non-hydrogen) atoms. The lowest BCUT2D eigenvalue weighted by Gasteiger charge is -2.48. The quantitative estimate of drug-likeness (QED) is 0.110. The van der Waals surface area contributed by atoms with Crippen LogP contribution in [-0.4, -0.2) is 133 Å². The first-order valence-electron chi connectivity index (χ1n) is 21.7. The van der Waals surface area contributed by atoms with E-state index in [1.54, 1.807) is 28.3 Å². The Bertz CT molecular complexity index is 1640. The minimum atomic E-state index is -4.98. The number of rotatable bonds is 8. The van der Waals surface area contributed by atoms with E-state index in [0.29, 0.717) is 69.8 Å². The molecule has 3 aliphatic heterocycles. The van der Waals surface area contributed by atoms with Crippen molar-refractivity contribution in [3.05, 3.63) is 23.3 Å². The van der Waals surface area contributed by atoms with Crippen LogP contribution in [0.2, 0.25) is 0 Å². The molecule has 3 heterocycles. The highest BCUT2D eigenvalue weighted by Gasteiger charge is 2.51. The third-order valence-corrected chi connectivity index (χ3v) is 13.5. The summed E-state index contributed by atoms with van der Waals surface area (Å²) in [5.74, 6) is -4.80. The monoisotopic (exact) mass is 872 g/mol. The summed E-state index contributed by atoms with van der Waals surface area (Å²) in [5.41, 5.74) is 1.75. The molecular formula is C43H72N2O14S. The van der Waals surface area contributed by atoms with Gasteiger partial charge in [-0.15, -0.1) is 0 Å². The third-order valence-electron chi connectivity index (χ3n) is 13.2. The normalized spacial score (nSPS) is 40.5. The second-order valence-corrected chi connectivity index (χ2v) is 18.9. The van der Waals surface area contributed by atoms with Gasteiger partial charge < -0.3 is 43.9 Å². The first-order valence-corrected chi connectivity index (χ1v) is 23.0. The number of cyclic esters (lactones) is 1. The molecule has 14 atom stereocenters. The zero-order valence-corrected chi connectivity index (χ0v) is 37.8. The number of carbonyl (C=O) groups is 2. The van der Waals surface area contributed by atoms with Gasteiger partial charge in [0.15, 0.2) is 5.79 Å². The van der Waals surface area contributed by atoms with Gasteiger partial charge in [-0.05, 0) is 95.5 Å². The predicted octanol–water partition coefficient (Wildman–Crippen LogP) is 4.90. The maximum Gasteiger partial charge on any atom is 0.466 e. The van der Waals surface area contributed by atoms with Gasteiger partial charge >= 0.3 is 16.4 Å². The van der Waals surface area contributed by atoms with Crippen molar-refractivity contribution in [2.45, 2.75) is 173 Å². The maximum atomic E-state index is 14.4. The molecule has 4 aliphatic rings. The molecule has 0 aromatic rings. The van der Waals surface area contributed by atoms with Gasteiger partial charge in [0.1, 0.15) is 18.2 Å². The topological polar surface area (TPSA) is 220 Å². The zero-order chi connectivity index (χ0) is 44.5. The molecular weight excluding hydrogens is 801 g/mol. The van der Waals surface area contributed by atoms with Crippen molar-refractivity contribution in [1.29, 1.82) is 0 Å². The standard InChI is InChI=1S/C43H72N2O14S/c1-10-31-18-25(2)17-26(3)19-37(55-8)41-38(56-9)21-28(5)43(50,58-41)24-39(48)45-16-12-11-13-33(45)42(49)57-40(27(4)20-30-14-15-34(46)36(22-30)54-7)29(6)35(47)23-32(31)44-59-60(51,52)53/h18,20,26,28-31,33-38,40-41,46-47,50H,10-17,19,21-24H2,1-9H3,(H,51,52,53)/b25-18+,27-20+,44-32-/t26-,28+,29+,30-,31+,33-,34+,35-,36+,37-,38-,40+,41+,43-/m0/s1. The Balaban J connectivity index is 1.82. The van der Waals surface area contributed by atoms with Crippen LogP contribution in [-0.2, 0) is 48.0 Å². The zero-order valence-electron chi connectivity index (χ0n) is 37.0. The van der Waals surface area contributed by atoms with Crippen molar-refractivity contribution in [3.63, 3.8) is 0 Å². The van der Waals surface area contributed by atoms with E-state index in [4.69, 9.17) is 23.7 Å². The van der Waals surface area contributed by atoms with Gasteiger partial charge in [0, 0.05) is 52.0 Å². The molecule has 2 saturated heterocycles. The number of aliphatic hydroxyl groups excluding tert-OH is 2. The number of piperidine rings is 1. The number of hydrogen-bond acceptors (Lipinski definition) is 14. The molecule has 2 bridgehead atoms. The summed E-state index contributed by atoms with van der Waals surface area (Å²) >= 11 is 0. The summed E-state index contributed by atoms with van der Waals surface area (Å²) in [6, 6.07) is -0.974. The second-order valence-electron chi connectivity index (χ2n) is 17.9. The van der Waals surface area contributed by atoms with Gasteiger partial charge in [-0.3, -0.25) is 9.35 Å². The molecule has 1 saturated carbocycles. The van der Waals surface area contributed by atoms with Crippen LogP contribution < -0.4 is 0 Å². The number of nitrogens with zero attached hydrogens (tertiary/aromatic N) is 2. The lowest BCUT2D eigenvalue weighted by molar-refractivity contribution is -0.321. The third kappa shape index (κ3) is 13.3. The summed E-state index contributed by atoms with van der Waals surface area (Å²) in [4.78, 5) is 30.2. The molecule has 4 N–H and O–H groups in total. The number of ether oxygens (including phenoxy) is 5. The molecule has 16 nitrogen and oxygen atoms in total. The smallest absolute Gasteiger partial charge is 0.456 e. The Kier molecular flexibility index (Phi) is 18.6. The van der Waals surface area contributed by atoms with E-state index < -0.39 is 94.9 Å². The fraction of sp³-hybridized carbons (Fsp3) is 0.837. The number of allylic oxidation sites excluding steroid dienone is 3. The predicted molar refractivity (Wildman–Crippen MR) is 223 cm³/mol. The number of oxime groups is 1. The number of carbonyl (C=O) groups excluding carboxylic acids is 2. The van der Waals surface area contributed by atoms with Crippen LogP contribution in [0, 0.1) is 29.6 Å². The van der Waals surface area contributed by atoms with Crippen LogP contribution in [0.15, 0.2) is 28.5 Å². The van der Waals surface area contributed by atoms with E-state index >= 15 is 0 Å². The molecule has 1 aliphatic carbocycles. The molecule has 0 aromatic carbocycles. The Morgan fingerprint density at radius 2 is 1.63 bits per heavy atom. The highest BCUT2D eigenvalue weighted by molar-refractivity contribution is 7.80. The van der Waals surface area contributed by atoms with E-state index in [1.165, 1.54) is 4.90 Å². The Morgan fingerprint density at radius 3 is 2.27 bits per heavy atom. The SMILES string of the molecule is CC[C@@H]1/C=C(\C)C[C@H](C)C[C@H](OC)[C@H]2O[C@@](O)(CC(=O)N3CCCC[C@H]3C(=O)O[C@H](/C(C)=C/[C@@H]3CC[C@@H](O)[C@H](OC)C3)[C@H](C)[C@@H](O)C/C1=N/OS(=O)(=O)O)[C@H](C)C[C@@H]2OC. The highest BCUT2D eigenvalue weighted by atomic mass is 32.3. The average Bonchev–Trinajstić information content (AvgIpc) is 3.20. The van der Waals surface area contributed by atoms with Crippen molar-refractivity contribution >= 4 is 28.0 Å². The number of methoxy groups -OCH3 is 3. The minimum Gasteiger partial charge on any atom is -0.456 e. The molecule has 0 unspecified atom stereocenters. The van der Waals surface area contributed by atoms with E-state index in [1.807, 2.05) is 39.8 Å². The van der Waals surface area contributed by atoms with E-state index in [2.05, 4.69) is 16.4 Å². The molecule has 0 spiro atoms. The van der Waals surface area contributed by atoms with Crippen molar-refractivity contribution in [1.82, 2.24) is 4.90 Å². The van der Waals surface area contributed by atoms with Crippen LogP contribution in [0.1, 0.15) is 119 Å². The van der Waals surface area contributed by atoms with E-state index in [0.717, 1.165) is 5.57 Å². The molecule has 1 amide bonds. The summed E-state index contributed by atoms with van der Waals surface area (Å²) in [5, 5.41) is 38.4. The first kappa shape index (κ1) is 50.2. The van der Waals surface area contributed by atoms with Gasteiger partial charge in [0.05, 0.1) is 42.7 Å². The number of aliphatic hydroxyl groups is 3. The van der Waals surface area contributed by atoms with Crippen LogP contribution in [0.4, 0.5) is 0 Å². The summed E-state index contributed by atoms with van der Waals surface area (Å²) in [7, 11) is -0.280. The van der Waals surface area contributed by atoms with Crippen LogP contribution in [0.3, 0.4) is 0 Å². The Hall–Kier alpha value is -2.48. The Morgan fingerprint density at radius 1 is 0.967 bits per heavy atom. The highest BCUT2D eigenvalue weighted by Crippen LogP contribution is 2.40. The van der Waals surface area contributed by atoms with Crippen molar-refractivity contribution < 1.29 is 65.8 Å². The van der Waals surface area contributed by atoms with E-state index in [9.17, 15) is 37.9 Å². The van der Waals surface area contributed by atoms with Gasteiger partial charge in [0.25, 0.3) is 0 Å². The van der Waals surface area contributed by atoms with Gasteiger partial charge in [0.2, 0.25) is 5.91 Å². The first-order chi connectivity index (χ1) is 28.2. The van der Waals surface area contributed by atoms with E-state index in [-0.39, 0.29) is 36.6 Å². The Labute approximate surface area is 356 Å². The maximum absolute atomic E-state index is 14.4. The van der Waals surface area contributed by atoms with Crippen LogP contribution in [0.5, 0.6) is 0 Å². The minimum absolute atomic E-state index is 0.0208. The number of amides is 1. The number of fused-ring (bicyclic) bond motifs is 3. The lowest BCUT2D eigenvalue weighted by Crippen LogP contribution is -2.59. The fourth-order valence-electron chi connectivity index (χ4n) is 9.69. The molecule has 344 valence electrons. The molecule has 4 rings (SSSR count). The van der Waals surface area contributed by atoms with Crippen molar-refractivity contribution in [2.75, 3.05) is 27.9 Å². The summed E-state index contributed by atoms with van der Waals surface area (Å²) < 4.78 is 67.8. The van der Waals surface area contributed by atoms with Crippen molar-refractivity contribution in [2.24, 2.45) is 34.7 Å². The number of hydrogen-bond donors (Lipinski definition) is 4. The van der Waals surface area contributed by atoms with Crippen LogP contribution in [0.25, 0.3) is 0 Å². The number of esters is 1. The molecule has 0 radical (unpaired) electrons. The molecule has 0 aromatic heterocycles. The van der Waals surface area contributed by atoms with Crippen molar-refractivity contribution in [3.8, 4) is 0 Å². The van der Waals surface area contributed by atoms with Gasteiger partial charge in [-0.25, -0.2) is 9.08 Å². The average molecular weight is 873 g/mol. The molecule has 3 fully saturated rings. The van der Waals surface area contributed by atoms with Gasteiger partial charge in [-0.1, -0.05) is 50.6 Å². The second kappa shape index (κ2) is 22.2. The largest absolute Gasteiger partial charge is 0.466 e.